The third-order valence-electron chi connectivity index (χ3n) is 1.42. The fourth-order valence-corrected chi connectivity index (χ4v) is 1.14. The molecule has 0 aliphatic rings. The van der Waals surface area contributed by atoms with Crippen molar-refractivity contribution in [2.75, 3.05) is 18.6 Å². The Hall–Kier alpha value is -0.710. The highest BCUT2D eigenvalue weighted by Crippen LogP contribution is 1.95. The van der Waals surface area contributed by atoms with Crippen LogP contribution in [-0.2, 0) is 9.59 Å². The molecule has 0 fully saturated rings. The smallest absolute Gasteiger partial charge is 0.303 e. The van der Waals surface area contributed by atoms with Gasteiger partial charge in [-0.15, -0.1) is 0 Å². The highest BCUT2D eigenvalue weighted by atomic mass is 32.2. The molecule has 1 amide bonds. The van der Waals surface area contributed by atoms with Crippen LogP contribution in [0, 0.1) is 0 Å². The molecule has 5 heteroatoms. The quantitative estimate of drug-likeness (QED) is 0.601. The number of amides is 1. The van der Waals surface area contributed by atoms with Gasteiger partial charge in [0.05, 0.1) is 0 Å². The molecular formula is C8H15NO3S. The minimum atomic E-state index is -0.821. The van der Waals surface area contributed by atoms with E-state index < -0.39 is 5.97 Å². The standard InChI is InChI=1S/C8H15NO3S/c1-13-6-4-7(10)9-5-2-3-8(11)12/h2-6H2,1H3,(H,9,10)(H,11,12). The Morgan fingerprint density at radius 1 is 1.38 bits per heavy atom. The van der Waals surface area contributed by atoms with Crippen molar-refractivity contribution >= 4 is 23.6 Å². The van der Waals surface area contributed by atoms with Crippen LogP contribution < -0.4 is 5.32 Å². The summed E-state index contributed by atoms with van der Waals surface area (Å²) in [4.78, 5) is 21.1. The maximum absolute atomic E-state index is 11.0. The number of hydrogen-bond donors (Lipinski definition) is 2. The molecule has 4 nitrogen and oxygen atoms in total. The third-order valence-corrected chi connectivity index (χ3v) is 2.04. The highest BCUT2D eigenvalue weighted by Gasteiger charge is 2.00. The second kappa shape index (κ2) is 7.91. The molecule has 0 aromatic carbocycles. The van der Waals surface area contributed by atoms with Crippen LogP contribution in [0.2, 0.25) is 0 Å². The maximum atomic E-state index is 11.0. The molecule has 0 unspecified atom stereocenters. The van der Waals surface area contributed by atoms with Crippen LogP contribution in [0.5, 0.6) is 0 Å². The Morgan fingerprint density at radius 2 is 2.08 bits per heavy atom. The van der Waals surface area contributed by atoms with Crippen molar-refractivity contribution in [3.8, 4) is 0 Å². The summed E-state index contributed by atoms with van der Waals surface area (Å²) in [6.07, 6.45) is 3.06. The summed E-state index contributed by atoms with van der Waals surface area (Å²) in [5.74, 6) is -0.0109. The average Bonchev–Trinajstić information content (AvgIpc) is 2.08. The molecule has 0 aromatic rings. The van der Waals surface area contributed by atoms with Gasteiger partial charge >= 0.3 is 5.97 Å². The molecule has 13 heavy (non-hydrogen) atoms. The summed E-state index contributed by atoms with van der Waals surface area (Å²) in [6.45, 7) is 0.458. The topological polar surface area (TPSA) is 66.4 Å². The minimum Gasteiger partial charge on any atom is -0.481 e. The largest absolute Gasteiger partial charge is 0.481 e. The van der Waals surface area contributed by atoms with Crippen molar-refractivity contribution in [1.29, 1.82) is 0 Å². The van der Waals surface area contributed by atoms with E-state index in [1.165, 1.54) is 0 Å². The lowest BCUT2D eigenvalue weighted by molar-refractivity contribution is -0.137. The molecular weight excluding hydrogens is 190 g/mol. The molecule has 0 saturated carbocycles. The summed E-state index contributed by atoms with van der Waals surface area (Å²) < 4.78 is 0. The van der Waals surface area contributed by atoms with Gasteiger partial charge in [0, 0.05) is 25.1 Å². The van der Waals surface area contributed by atoms with Gasteiger partial charge in [0.1, 0.15) is 0 Å². The first-order chi connectivity index (χ1) is 6.16. The lowest BCUT2D eigenvalue weighted by Crippen LogP contribution is -2.25. The van der Waals surface area contributed by atoms with E-state index >= 15 is 0 Å². The molecule has 0 heterocycles. The molecule has 0 aliphatic carbocycles. The number of carboxylic acid groups (broad SMARTS) is 1. The van der Waals surface area contributed by atoms with Crippen molar-refractivity contribution in [3.05, 3.63) is 0 Å². The number of hydrogen-bond acceptors (Lipinski definition) is 3. The van der Waals surface area contributed by atoms with E-state index in [2.05, 4.69) is 5.32 Å². The van der Waals surface area contributed by atoms with Crippen LogP contribution in [0.15, 0.2) is 0 Å². The van der Waals surface area contributed by atoms with Crippen LogP contribution in [0.25, 0.3) is 0 Å². The minimum absolute atomic E-state index is 0.000242. The zero-order valence-electron chi connectivity index (χ0n) is 7.71. The predicted molar refractivity (Wildman–Crippen MR) is 52.9 cm³/mol. The molecule has 76 valence electrons. The van der Waals surface area contributed by atoms with E-state index in [1.807, 2.05) is 6.26 Å². The Morgan fingerprint density at radius 3 is 2.62 bits per heavy atom. The number of nitrogens with one attached hydrogen (secondary N) is 1. The van der Waals surface area contributed by atoms with Crippen LogP contribution in [-0.4, -0.2) is 35.5 Å². The number of carboxylic acids is 1. The zero-order chi connectivity index (χ0) is 10.1. The van der Waals surface area contributed by atoms with Gasteiger partial charge in [-0.25, -0.2) is 0 Å². The van der Waals surface area contributed by atoms with Crippen molar-refractivity contribution in [2.24, 2.45) is 0 Å². The van der Waals surface area contributed by atoms with E-state index in [1.54, 1.807) is 11.8 Å². The Balaban J connectivity index is 3.22. The summed E-state index contributed by atoms with van der Waals surface area (Å²) in [5, 5.41) is 11.0. The zero-order valence-corrected chi connectivity index (χ0v) is 8.52. The Labute approximate surface area is 82.1 Å². The summed E-state index contributed by atoms with van der Waals surface area (Å²) in [7, 11) is 0. The molecule has 0 aromatic heterocycles. The lowest BCUT2D eigenvalue weighted by atomic mass is 10.3. The third kappa shape index (κ3) is 9.20. The number of rotatable bonds is 7. The molecule has 0 aliphatic heterocycles. The van der Waals surface area contributed by atoms with E-state index in [4.69, 9.17) is 5.11 Å². The molecule has 0 atom stereocenters. The van der Waals surface area contributed by atoms with Gasteiger partial charge in [-0.2, -0.15) is 11.8 Å². The first-order valence-electron chi connectivity index (χ1n) is 4.14. The summed E-state index contributed by atoms with van der Waals surface area (Å²) in [5.41, 5.74) is 0. The molecule has 2 N–H and O–H groups in total. The molecule has 0 spiro atoms. The summed E-state index contributed by atoms with van der Waals surface area (Å²) >= 11 is 1.62. The van der Waals surface area contributed by atoms with Crippen molar-refractivity contribution in [2.45, 2.75) is 19.3 Å². The van der Waals surface area contributed by atoms with Crippen molar-refractivity contribution in [3.63, 3.8) is 0 Å². The SMILES string of the molecule is CSCCC(=O)NCCCC(=O)O. The number of aliphatic carboxylic acids is 1. The number of thioether (sulfide) groups is 1. The van der Waals surface area contributed by atoms with E-state index in [-0.39, 0.29) is 12.3 Å². The van der Waals surface area contributed by atoms with E-state index in [9.17, 15) is 9.59 Å². The average molecular weight is 205 g/mol. The Bertz CT molecular complexity index is 173. The van der Waals surface area contributed by atoms with Crippen molar-refractivity contribution in [1.82, 2.24) is 5.32 Å². The van der Waals surface area contributed by atoms with Crippen molar-refractivity contribution < 1.29 is 14.7 Å². The molecule has 0 radical (unpaired) electrons. The highest BCUT2D eigenvalue weighted by molar-refractivity contribution is 7.98. The monoisotopic (exact) mass is 205 g/mol. The Kier molecular flexibility index (Phi) is 7.48. The normalized spacial score (nSPS) is 9.62. The van der Waals surface area contributed by atoms with Gasteiger partial charge in [-0.05, 0) is 12.7 Å². The van der Waals surface area contributed by atoms with Gasteiger partial charge in [-0.3, -0.25) is 9.59 Å². The van der Waals surface area contributed by atoms with Crippen LogP contribution in [0.1, 0.15) is 19.3 Å². The molecule has 0 rings (SSSR count). The van der Waals surface area contributed by atoms with Gasteiger partial charge in [0.25, 0.3) is 0 Å². The van der Waals surface area contributed by atoms with Gasteiger partial charge in [-0.1, -0.05) is 0 Å². The second-order valence-electron chi connectivity index (χ2n) is 2.59. The number of carbonyl (C=O) groups excluding carboxylic acids is 1. The van der Waals surface area contributed by atoms with Gasteiger partial charge in [0.2, 0.25) is 5.91 Å². The first kappa shape index (κ1) is 12.3. The van der Waals surface area contributed by atoms with Crippen LogP contribution in [0.3, 0.4) is 0 Å². The predicted octanol–water partition coefficient (Wildman–Crippen LogP) is 0.720. The van der Waals surface area contributed by atoms with Gasteiger partial charge in [0.15, 0.2) is 0 Å². The lowest BCUT2D eigenvalue weighted by Gasteiger charge is -2.02. The van der Waals surface area contributed by atoms with E-state index in [0.717, 1.165) is 5.75 Å². The molecule has 0 saturated heterocycles. The molecule has 0 bridgehead atoms. The fourth-order valence-electron chi connectivity index (χ4n) is 0.751. The fraction of sp³-hybridized carbons (Fsp3) is 0.750. The number of carbonyl (C=O) groups is 2. The summed E-state index contributed by atoms with van der Waals surface area (Å²) in [6, 6.07) is 0. The maximum Gasteiger partial charge on any atom is 0.303 e. The van der Waals surface area contributed by atoms with E-state index in [0.29, 0.717) is 19.4 Å². The van der Waals surface area contributed by atoms with Crippen LogP contribution in [0.4, 0.5) is 0 Å². The first-order valence-corrected chi connectivity index (χ1v) is 5.53. The van der Waals surface area contributed by atoms with Crippen LogP contribution >= 0.6 is 11.8 Å². The second-order valence-corrected chi connectivity index (χ2v) is 3.58. The van der Waals surface area contributed by atoms with Gasteiger partial charge < -0.3 is 10.4 Å².